The maximum Gasteiger partial charge on any atom is 0.229 e. The second-order valence-electron chi connectivity index (χ2n) is 2.28. The topological polar surface area (TPSA) is 43.4 Å². The summed E-state index contributed by atoms with van der Waals surface area (Å²) in [6.45, 7) is 3.20. The predicted molar refractivity (Wildman–Crippen MR) is 47.7 cm³/mol. The van der Waals surface area contributed by atoms with Crippen LogP contribution in [0, 0.1) is 0 Å². The lowest BCUT2D eigenvalue weighted by Crippen LogP contribution is -2.08. The quantitative estimate of drug-likeness (QED) is 0.480. The van der Waals surface area contributed by atoms with Crippen molar-refractivity contribution in [2.45, 2.75) is 0 Å². The number of allylic oxidation sites excluding steroid dienone is 5. The van der Waals surface area contributed by atoms with E-state index >= 15 is 0 Å². The third-order valence-corrected chi connectivity index (χ3v) is 1.36. The molecule has 1 heterocycles. The van der Waals surface area contributed by atoms with Crippen LogP contribution in [0.15, 0.2) is 49.0 Å². The molecule has 0 N–H and O–H groups in total. The minimum Gasteiger partial charge on any atom is -0.465 e. The predicted octanol–water partition coefficient (Wildman–Crippen LogP) is 1.29. The van der Waals surface area contributed by atoms with Crippen molar-refractivity contribution >= 4 is 11.6 Å². The molecular formula is C10H8O3. The minimum atomic E-state index is -0.640. The summed E-state index contributed by atoms with van der Waals surface area (Å²) in [7, 11) is 0. The molecule has 3 nitrogen and oxygen atoms in total. The molecule has 1 rings (SSSR count). The first-order chi connectivity index (χ1) is 6.24. The molecule has 0 atom stereocenters. The maximum atomic E-state index is 11.0. The number of ether oxygens (including phenoxy) is 1. The molecule has 0 aromatic carbocycles. The zero-order valence-electron chi connectivity index (χ0n) is 6.90. The highest BCUT2D eigenvalue weighted by Gasteiger charge is 2.07. The van der Waals surface area contributed by atoms with Gasteiger partial charge >= 0.3 is 0 Å². The SMILES string of the molecule is C=CC(=O)C(=O)C=C1C=CC=CO1. The fourth-order valence-corrected chi connectivity index (χ4v) is 0.736. The van der Waals surface area contributed by atoms with Crippen LogP contribution in [0.1, 0.15) is 0 Å². The van der Waals surface area contributed by atoms with Crippen LogP contribution < -0.4 is 0 Å². The van der Waals surface area contributed by atoms with E-state index in [1.54, 1.807) is 18.2 Å². The molecule has 0 bridgehead atoms. The second-order valence-corrected chi connectivity index (χ2v) is 2.28. The van der Waals surface area contributed by atoms with Gasteiger partial charge in [-0.25, -0.2) is 0 Å². The fraction of sp³-hybridized carbons (Fsp3) is 0. The molecule has 0 spiro atoms. The largest absolute Gasteiger partial charge is 0.465 e. The van der Waals surface area contributed by atoms with Gasteiger partial charge in [0.1, 0.15) is 5.76 Å². The van der Waals surface area contributed by atoms with Crippen molar-refractivity contribution in [1.82, 2.24) is 0 Å². The first-order valence-electron chi connectivity index (χ1n) is 3.66. The highest BCUT2D eigenvalue weighted by Crippen LogP contribution is 2.06. The average molecular weight is 176 g/mol. The summed E-state index contributed by atoms with van der Waals surface area (Å²) >= 11 is 0. The van der Waals surface area contributed by atoms with Crippen LogP contribution in [-0.4, -0.2) is 11.6 Å². The fourth-order valence-electron chi connectivity index (χ4n) is 0.736. The molecule has 0 radical (unpaired) electrons. The number of carbonyl (C=O) groups excluding carboxylic acids is 2. The molecule has 3 heteroatoms. The molecule has 1 aliphatic heterocycles. The first kappa shape index (κ1) is 9.19. The normalized spacial score (nSPS) is 16.8. The van der Waals surface area contributed by atoms with E-state index in [2.05, 4.69) is 6.58 Å². The van der Waals surface area contributed by atoms with Gasteiger partial charge < -0.3 is 4.74 Å². The standard InChI is InChI=1S/C10H8O3/c1-2-9(11)10(12)7-8-5-3-4-6-13-8/h2-7H,1H2. The molecular weight excluding hydrogens is 168 g/mol. The third-order valence-electron chi connectivity index (χ3n) is 1.36. The Kier molecular flexibility index (Phi) is 2.97. The van der Waals surface area contributed by atoms with Crippen molar-refractivity contribution in [1.29, 1.82) is 0 Å². The van der Waals surface area contributed by atoms with Gasteiger partial charge in [0.25, 0.3) is 0 Å². The smallest absolute Gasteiger partial charge is 0.229 e. The summed E-state index contributed by atoms with van der Waals surface area (Å²) in [5, 5.41) is 0. The number of hydrogen-bond donors (Lipinski definition) is 0. The van der Waals surface area contributed by atoms with E-state index < -0.39 is 11.6 Å². The summed E-state index contributed by atoms with van der Waals surface area (Å²) in [6, 6.07) is 0. The summed E-state index contributed by atoms with van der Waals surface area (Å²) in [5.74, 6) is -0.924. The lowest BCUT2D eigenvalue weighted by atomic mass is 10.2. The Bertz CT molecular complexity index is 332. The maximum absolute atomic E-state index is 11.0. The van der Waals surface area contributed by atoms with Crippen molar-refractivity contribution in [3.05, 3.63) is 49.0 Å². The summed E-state index contributed by atoms with van der Waals surface area (Å²) in [4.78, 5) is 21.8. The molecule has 0 fully saturated rings. The Morgan fingerprint density at radius 1 is 1.31 bits per heavy atom. The second kappa shape index (κ2) is 4.21. The van der Waals surface area contributed by atoms with E-state index in [0.29, 0.717) is 5.76 Å². The highest BCUT2D eigenvalue weighted by molar-refractivity contribution is 6.45. The number of rotatable bonds is 3. The first-order valence-corrected chi connectivity index (χ1v) is 3.66. The highest BCUT2D eigenvalue weighted by atomic mass is 16.5. The van der Waals surface area contributed by atoms with Gasteiger partial charge in [-0.05, 0) is 18.2 Å². The summed E-state index contributed by atoms with van der Waals surface area (Å²) in [6.07, 6.45) is 8.51. The van der Waals surface area contributed by atoms with Crippen LogP contribution in [0.2, 0.25) is 0 Å². The summed E-state index contributed by atoms with van der Waals surface area (Å²) < 4.78 is 4.93. The molecule has 1 aliphatic rings. The van der Waals surface area contributed by atoms with Gasteiger partial charge in [0.05, 0.1) is 6.26 Å². The van der Waals surface area contributed by atoms with E-state index in [1.165, 1.54) is 6.26 Å². The van der Waals surface area contributed by atoms with Crippen molar-refractivity contribution in [3.63, 3.8) is 0 Å². The Labute approximate surface area is 75.7 Å². The summed E-state index contributed by atoms with van der Waals surface area (Å²) in [5.41, 5.74) is 0. The van der Waals surface area contributed by atoms with Gasteiger partial charge in [-0.2, -0.15) is 0 Å². The van der Waals surface area contributed by atoms with Crippen LogP contribution in [0.3, 0.4) is 0 Å². The molecule has 0 aromatic heterocycles. The van der Waals surface area contributed by atoms with Gasteiger partial charge in [-0.1, -0.05) is 12.7 Å². The van der Waals surface area contributed by atoms with E-state index in [1.807, 2.05) is 0 Å². The van der Waals surface area contributed by atoms with E-state index in [4.69, 9.17) is 4.74 Å². The van der Waals surface area contributed by atoms with Gasteiger partial charge in [-0.3, -0.25) is 9.59 Å². The van der Waals surface area contributed by atoms with Gasteiger partial charge in [-0.15, -0.1) is 0 Å². The Morgan fingerprint density at radius 3 is 2.62 bits per heavy atom. The van der Waals surface area contributed by atoms with Crippen LogP contribution in [0.4, 0.5) is 0 Å². The molecule has 0 aromatic rings. The zero-order chi connectivity index (χ0) is 9.68. The number of carbonyl (C=O) groups is 2. The molecule has 0 aliphatic carbocycles. The van der Waals surface area contributed by atoms with Gasteiger partial charge in [0.15, 0.2) is 0 Å². The van der Waals surface area contributed by atoms with E-state index in [0.717, 1.165) is 12.2 Å². The van der Waals surface area contributed by atoms with Crippen LogP contribution >= 0.6 is 0 Å². The monoisotopic (exact) mass is 176 g/mol. The van der Waals surface area contributed by atoms with Crippen LogP contribution in [-0.2, 0) is 14.3 Å². The lowest BCUT2D eigenvalue weighted by molar-refractivity contribution is -0.131. The third kappa shape index (κ3) is 2.56. The van der Waals surface area contributed by atoms with Crippen molar-refractivity contribution < 1.29 is 14.3 Å². The van der Waals surface area contributed by atoms with E-state index in [-0.39, 0.29) is 0 Å². The minimum absolute atomic E-state index is 0.350. The molecule has 0 amide bonds. The van der Waals surface area contributed by atoms with Crippen LogP contribution in [0.25, 0.3) is 0 Å². The number of hydrogen-bond acceptors (Lipinski definition) is 3. The van der Waals surface area contributed by atoms with Crippen LogP contribution in [0.5, 0.6) is 0 Å². The zero-order valence-corrected chi connectivity index (χ0v) is 6.90. The van der Waals surface area contributed by atoms with Gasteiger partial charge in [0.2, 0.25) is 11.6 Å². The molecule has 0 unspecified atom stereocenters. The van der Waals surface area contributed by atoms with Crippen molar-refractivity contribution in [2.75, 3.05) is 0 Å². The molecule has 66 valence electrons. The Hall–Kier alpha value is -1.90. The number of ketones is 2. The van der Waals surface area contributed by atoms with Crippen molar-refractivity contribution in [3.8, 4) is 0 Å². The van der Waals surface area contributed by atoms with Gasteiger partial charge in [0, 0.05) is 6.08 Å². The molecule has 13 heavy (non-hydrogen) atoms. The Balaban J connectivity index is 2.71. The average Bonchev–Trinajstić information content (AvgIpc) is 2.18. The molecule has 0 saturated carbocycles. The lowest BCUT2D eigenvalue weighted by Gasteiger charge is -2.02. The molecule has 0 saturated heterocycles. The Morgan fingerprint density at radius 2 is 2.08 bits per heavy atom. The van der Waals surface area contributed by atoms with Crippen molar-refractivity contribution in [2.24, 2.45) is 0 Å². The van der Waals surface area contributed by atoms with E-state index in [9.17, 15) is 9.59 Å².